The van der Waals surface area contributed by atoms with Crippen molar-refractivity contribution in [2.24, 2.45) is 0 Å². The van der Waals surface area contributed by atoms with Crippen LogP contribution >= 0.6 is 0 Å². The molecule has 1 aromatic carbocycles. The van der Waals surface area contributed by atoms with Gasteiger partial charge in [-0.2, -0.15) is 0 Å². The van der Waals surface area contributed by atoms with E-state index >= 15 is 0 Å². The molecule has 0 radical (unpaired) electrons. The van der Waals surface area contributed by atoms with E-state index in [1.807, 2.05) is 31.2 Å². The molecule has 0 bridgehead atoms. The number of nitrogens with one attached hydrogen (secondary N) is 1. The topological polar surface area (TPSA) is 69.6 Å². The van der Waals surface area contributed by atoms with Gasteiger partial charge < -0.3 is 15.5 Å². The first-order chi connectivity index (χ1) is 7.67. The monoisotopic (exact) mass is 223 g/mol. The standard InChI is InChI=1S/C12H17NO3/c1-2-11(12(15)16)13-10-5-3-9(4-6-10)7-8-14/h3-6,11,13-14H,2,7-8H2,1H3,(H,15,16). The quantitative estimate of drug-likeness (QED) is 0.683. The van der Waals surface area contributed by atoms with Crippen LogP contribution in [0.15, 0.2) is 24.3 Å². The molecule has 0 saturated carbocycles. The second-order valence-corrected chi connectivity index (χ2v) is 3.61. The number of aliphatic carboxylic acids is 1. The largest absolute Gasteiger partial charge is 0.480 e. The van der Waals surface area contributed by atoms with E-state index in [4.69, 9.17) is 10.2 Å². The minimum Gasteiger partial charge on any atom is -0.480 e. The number of benzene rings is 1. The maximum absolute atomic E-state index is 10.8. The summed E-state index contributed by atoms with van der Waals surface area (Å²) in [5.41, 5.74) is 1.83. The fourth-order valence-corrected chi connectivity index (χ4v) is 1.44. The van der Waals surface area contributed by atoms with E-state index in [1.165, 1.54) is 0 Å². The molecule has 1 atom stereocenters. The van der Waals surface area contributed by atoms with Crippen LogP contribution in [0.3, 0.4) is 0 Å². The lowest BCUT2D eigenvalue weighted by Crippen LogP contribution is -2.28. The molecule has 1 aromatic rings. The van der Waals surface area contributed by atoms with Crippen molar-refractivity contribution in [2.45, 2.75) is 25.8 Å². The number of carbonyl (C=O) groups is 1. The number of rotatable bonds is 6. The van der Waals surface area contributed by atoms with Crippen LogP contribution in [0.2, 0.25) is 0 Å². The third-order valence-electron chi connectivity index (χ3n) is 2.40. The van der Waals surface area contributed by atoms with Crippen molar-refractivity contribution in [3.05, 3.63) is 29.8 Å². The molecule has 0 heterocycles. The summed E-state index contributed by atoms with van der Waals surface area (Å²) < 4.78 is 0. The van der Waals surface area contributed by atoms with Crippen LogP contribution in [0.5, 0.6) is 0 Å². The summed E-state index contributed by atoms with van der Waals surface area (Å²) >= 11 is 0. The van der Waals surface area contributed by atoms with E-state index < -0.39 is 12.0 Å². The molecule has 0 saturated heterocycles. The molecule has 0 spiro atoms. The van der Waals surface area contributed by atoms with Gasteiger partial charge in [-0.15, -0.1) is 0 Å². The fraction of sp³-hybridized carbons (Fsp3) is 0.417. The number of aliphatic hydroxyl groups is 1. The van der Waals surface area contributed by atoms with E-state index in [0.29, 0.717) is 12.8 Å². The summed E-state index contributed by atoms with van der Waals surface area (Å²) in [5, 5.41) is 20.6. The lowest BCUT2D eigenvalue weighted by Gasteiger charge is -2.13. The summed E-state index contributed by atoms with van der Waals surface area (Å²) in [6.45, 7) is 1.95. The average molecular weight is 223 g/mol. The maximum atomic E-state index is 10.8. The number of aliphatic hydroxyl groups excluding tert-OH is 1. The molecule has 0 fully saturated rings. The number of hydrogen-bond acceptors (Lipinski definition) is 3. The smallest absolute Gasteiger partial charge is 0.326 e. The van der Waals surface area contributed by atoms with Gasteiger partial charge in [-0.3, -0.25) is 0 Å². The number of hydrogen-bond donors (Lipinski definition) is 3. The Morgan fingerprint density at radius 3 is 2.44 bits per heavy atom. The Labute approximate surface area is 94.9 Å². The molecule has 4 heteroatoms. The predicted octanol–water partition coefficient (Wildman–Crippen LogP) is 1.50. The Morgan fingerprint density at radius 2 is 2.00 bits per heavy atom. The molecule has 0 aliphatic heterocycles. The Hall–Kier alpha value is -1.55. The highest BCUT2D eigenvalue weighted by Crippen LogP contribution is 2.12. The lowest BCUT2D eigenvalue weighted by molar-refractivity contribution is -0.137. The summed E-state index contributed by atoms with van der Waals surface area (Å²) in [6, 6.07) is 6.87. The first kappa shape index (κ1) is 12.5. The third kappa shape index (κ3) is 3.55. The van der Waals surface area contributed by atoms with Gasteiger partial charge in [0, 0.05) is 12.3 Å². The molecule has 88 valence electrons. The van der Waals surface area contributed by atoms with Crippen molar-refractivity contribution in [3.8, 4) is 0 Å². The van der Waals surface area contributed by atoms with Crippen molar-refractivity contribution in [2.75, 3.05) is 11.9 Å². The van der Waals surface area contributed by atoms with Gasteiger partial charge in [-0.05, 0) is 30.5 Å². The van der Waals surface area contributed by atoms with Gasteiger partial charge in [0.15, 0.2) is 0 Å². The second kappa shape index (κ2) is 6.12. The molecule has 16 heavy (non-hydrogen) atoms. The molecule has 0 amide bonds. The van der Waals surface area contributed by atoms with Gasteiger partial charge in [0.2, 0.25) is 0 Å². The molecule has 4 nitrogen and oxygen atoms in total. The second-order valence-electron chi connectivity index (χ2n) is 3.61. The van der Waals surface area contributed by atoms with E-state index in [0.717, 1.165) is 11.3 Å². The van der Waals surface area contributed by atoms with Crippen molar-refractivity contribution in [3.63, 3.8) is 0 Å². The lowest BCUT2D eigenvalue weighted by atomic mass is 10.1. The Bertz CT molecular complexity index is 335. The van der Waals surface area contributed by atoms with Crippen LogP contribution in [0.4, 0.5) is 5.69 Å². The molecule has 1 unspecified atom stereocenters. The average Bonchev–Trinajstić information content (AvgIpc) is 2.28. The van der Waals surface area contributed by atoms with Gasteiger partial charge >= 0.3 is 5.97 Å². The number of carboxylic acids is 1. The highest BCUT2D eigenvalue weighted by molar-refractivity contribution is 5.77. The number of anilines is 1. The van der Waals surface area contributed by atoms with Gasteiger partial charge in [0.25, 0.3) is 0 Å². The number of carboxylic acid groups (broad SMARTS) is 1. The highest BCUT2D eigenvalue weighted by Gasteiger charge is 2.13. The Balaban J connectivity index is 2.63. The Kier molecular flexibility index (Phi) is 4.79. The van der Waals surface area contributed by atoms with Crippen LogP contribution in [-0.4, -0.2) is 28.8 Å². The van der Waals surface area contributed by atoms with Gasteiger partial charge in [-0.1, -0.05) is 19.1 Å². The zero-order valence-electron chi connectivity index (χ0n) is 9.31. The normalized spacial score (nSPS) is 12.1. The minimum absolute atomic E-state index is 0.124. The zero-order valence-corrected chi connectivity index (χ0v) is 9.31. The summed E-state index contributed by atoms with van der Waals surface area (Å²) in [5.74, 6) is -0.845. The van der Waals surface area contributed by atoms with Gasteiger partial charge in [0.1, 0.15) is 6.04 Å². The minimum atomic E-state index is -0.845. The van der Waals surface area contributed by atoms with Crippen LogP contribution < -0.4 is 5.32 Å². The van der Waals surface area contributed by atoms with Crippen molar-refractivity contribution < 1.29 is 15.0 Å². The SMILES string of the molecule is CCC(Nc1ccc(CCO)cc1)C(=O)O. The maximum Gasteiger partial charge on any atom is 0.326 e. The van der Waals surface area contributed by atoms with Crippen LogP contribution in [0.1, 0.15) is 18.9 Å². The zero-order chi connectivity index (χ0) is 12.0. The molecule has 0 aromatic heterocycles. The molecule has 0 aliphatic carbocycles. The summed E-state index contributed by atoms with van der Waals surface area (Å²) in [4.78, 5) is 10.8. The predicted molar refractivity (Wildman–Crippen MR) is 62.6 cm³/mol. The van der Waals surface area contributed by atoms with Crippen molar-refractivity contribution in [1.82, 2.24) is 0 Å². The molecule has 3 N–H and O–H groups in total. The highest BCUT2D eigenvalue weighted by atomic mass is 16.4. The van der Waals surface area contributed by atoms with Gasteiger partial charge in [0.05, 0.1) is 0 Å². The Morgan fingerprint density at radius 1 is 1.38 bits per heavy atom. The summed E-state index contributed by atoms with van der Waals surface area (Å²) in [7, 11) is 0. The van der Waals surface area contributed by atoms with E-state index in [9.17, 15) is 4.79 Å². The van der Waals surface area contributed by atoms with Crippen LogP contribution in [0.25, 0.3) is 0 Å². The molecule has 0 aliphatic rings. The molecule has 1 rings (SSSR count). The van der Waals surface area contributed by atoms with Crippen molar-refractivity contribution in [1.29, 1.82) is 0 Å². The van der Waals surface area contributed by atoms with Crippen LogP contribution in [-0.2, 0) is 11.2 Å². The first-order valence-electron chi connectivity index (χ1n) is 5.36. The fourth-order valence-electron chi connectivity index (χ4n) is 1.44. The molecular formula is C12H17NO3. The van der Waals surface area contributed by atoms with E-state index in [-0.39, 0.29) is 6.61 Å². The van der Waals surface area contributed by atoms with E-state index in [1.54, 1.807) is 0 Å². The van der Waals surface area contributed by atoms with E-state index in [2.05, 4.69) is 5.32 Å². The van der Waals surface area contributed by atoms with Crippen molar-refractivity contribution >= 4 is 11.7 Å². The van der Waals surface area contributed by atoms with Crippen LogP contribution in [0, 0.1) is 0 Å². The first-order valence-corrected chi connectivity index (χ1v) is 5.36. The molecular weight excluding hydrogens is 206 g/mol. The van der Waals surface area contributed by atoms with Gasteiger partial charge in [-0.25, -0.2) is 4.79 Å². The third-order valence-corrected chi connectivity index (χ3v) is 2.40. The summed E-state index contributed by atoms with van der Waals surface area (Å²) in [6.07, 6.45) is 1.16.